The Labute approximate surface area is 105 Å². The summed E-state index contributed by atoms with van der Waals surface area (Å²) in [6.45, 7) is 0. The van der Waals surface area contributed by atoms with Gasteiger partial charge in [0.1, 0.15) is 0 Å². The Hall–Kier alpha value is -1.87. The summed E-state index contributed by atoms with van der Waals surface area (Å²) in [6.07, 6.45) is 3.35. The fourth-order valence-electron chi connectivity index (χ4n) is 1.62. The van der Waals surface area contributed by atoms with E-state index in [0.717, 1.165) is 16.8 Å². The molecule has 0 saturated carbocycles. The van der Waals surface area contributed by atoms with Gasteiger partial charge < -0.3 is 5.32 Å². The van der Waals surface area contributed by atoms with E-state index in [0.29, 0.717) is 10.7 Å². The lowest BCUT2D eigenvalue weighted by Gasteiger charge is -2.10. The van der Waals surface area contributed by atoms with Gasteiger partial charge in [0, 0.05) is 41.3 Å². The number of aromatic nitrogens is 1. The summed E-state index contributed by atoms with van der Waals surface area (Å²) in [4.78, 5) is 3.94. The maximum Gasteiger partial charge on any atom is 0.0706 e. The molecule has 4 heteroatoms. The van der Waals surface area contributed by atoms with Gasteiger partial charge in [-0.15, -0.1) is 0 Å². The number of anilines is 1. The molecule has 0 bridgehead atoms. The zero-order valence-electron chi connectivity index (χ0n) is 9.37. The molecule has 3 nitrogen and oxygen atoms in total. The molecule has 0 unspecified atom stereocenters. The van der Waals surface area contributed by atoms with Crippen molar-refractivity contribution < 1.29 is 0 Å². The predicted octanol–water partition coefficient (Wildman–Crippen LogP) is 3.19. The second kappa shape index (κ2) is 4.97. The van der Waals surface area contributed by atoms with Crippen LogP contribution in [0.3, 0.4) is 0 Å². The molecule has 0 atom stereocenters. The molecule has 1 aromatic heterocycles. The first-order chi connectivity index (χ1) is 8.22. The Morgan fingerprint density at radius 3 is 2.59 bits per heavy atom. The van der Waals surface area contributed by atoms with E-state index in [1.165, 1.54) is 0 Å². The van der Waals surface area contributed by atoms with Crippen molar-refractivity contribution in [1.29, 1.82) is 5.41 Å². The smallest absolute Gasteiger partial charge is 0.0706 e. The summed E-state index contributed by atoms with van der Waals surface area (Å²) in [5.74, 6) is 0. The van der Waals surface area contributed by atoms with Gasteiger partial charge in [-0.1, -0.05) is 11.6 Å². The van der Waals surface area contributed by atoms with Crippen LogP contribution in [0.15, 0.2) is 42.7 Å². The third-order valence-corrected chi connectivity index (χ3v) is 2.72. The Kier molecular flexibility index (Phi) is 3.40. The number of nitrogens with zero attached hydrogens (tertiary/aromatic N) is 1. The molecule has 0 aliphatic heterocycles. The molecule has 0 fully saturated rings. The van der Waals surface area contributed by atoms with E-state index in [-0.39, 0.29) is 0 Å². The number of benzene rings is 1. The van der Waals surface area contributed by atoms with Gasteiger partial charge in [0.25, 0.3) is 0 Å². The molecule has 2 aromatic rings. The summed E-state index contributed by atoms with van der Waals surface area (Å²) < 4.78 is 0. The van der Waals surface area contributed by atoms with Crippen LogP contribution >= 0.6 is 11.6 Å². The number of nitrogens with one attached hydrogen (secondary N) is 2. The summed E-state index contributed by atoms with van der Waals surface area (Å²) in [5.41, 5.74) is 2.92. The van der Waals surface area contributed by atoms with Crippen molar-refractivity contribution in [2.45, 2.75) is 0 Å². The highest BCUT2D eigenvalue weighted by atomic mass is 35.5. The maximum absolute atomic E-state index is 8.19. The summed E-state index contributed by atoms with van der Waals surface area (Å²) in [7, 11) is 1.83. The van der Waals surface area contributed by atoms with Crippen LogP contribution in [0.4, 0.5) is 5.69 Å². The minimum Gasteiger partial charge on any atom is -0.388 e. The van der Waals surface area contributed by atoms with Crippen LogP contribution in [0.5, 0.6) is 0 Å². The van der Waals surface area contributed by atoms with E-state index in [4.69, 9.17) is 17.0 Å². The lowest BCUT2D eigenvalue weighted by molar-refractivity contribution is 1.31. The molecule has 1 aromatic carbocycles. The Morgan fingerprint density at radius 1 is 1.24 bits per heavy atom. The average Bonchev–Trinajstić information content (AvgIpc) is 2.39. The van der Waals surface area contributed by atoms with Crippen LogP contribution in [0.25, 0.3) is 0 Å². The molecule has 2 rings (SSSR count). The van der Waals surface area contributed by atoms with Gasteiger partial charge in [0.2, 0.25) is 0 Å². The number of halogens is 1. The standard InChI is InChI=1S/C13H12ClN3/c1-16-12-3-2-10(14)8-11(12)13(15)9-4-6-17-7-5-9/h2-8,15-16H,1H3. The molecule has 0 amide bonds. The normalized spacial score (nSPS) is 10.0. The Balaban J connectivity index is 2.47. The monoisotopic (exact) mass is 245 g/mol. The van der Waals surface area contributed by atoms with Crippen molar-refractivity contribution in [3.05, 3.63) is 58.9 Å². The van der Waals surface area contributed by atoms with Crippen LogP contribution in [-0.2, 0) is 0 Å². The molecular weight excluding hydrogens is 234 g/mol. The topological polar surface area (TPSA) is 48.8 Å². The second-order valence-electron chi connectivity index (χ2n) is 3.55. The molecule has 0 saturated heterocycles. The van der Waals surface area contributed by atoms with E-state index in [1.54, 1.807) is 24.5 Å². The lowest BCUT2D eigenvalue weighted by atomic mass is 10.0. The molecule has 0 radical (unpaired) electrons. The van der Waals surface area contributed by atoms with Gasteiger partial charge in [0.15, 0.2) is 0 Å². The highest BCUT2D eigenvalue weighted by Crippen LogP contribution is 2.22. The first-order valence-electron chi connectivity index (χ1n) is 5.19. The van der Waals surface area contributed by atoms with Gasteiger partial charge in [0.05, 0.1) is 5.71 Å². The van der Waals surface area contributed by atoms with E-state index in [9.17, 15) is 0 Å². The van der Waals surface area contributed by atoms with E-state index >= 15 is 0 Å². The van der Waals surface area contributed by atoms with Crippen LogP contribution in [0.2, 0.25) is 5.02 Å². The number of pyridine rings is 1. The molecule has 0 aliphatic rings. The Morgan fingerprint density at radius 2 is 1.94 bits per heavy atom. The van der Waals surface area contributed by atoms with Crippen LogP contribution in [-0.4, -0.2) is 17.7 Å². The quantitative estimate of drug-likeness (QED) is 0.816. The van der Waals surface area contributed by atoms with Crippen molar-refractivity contribution in [2.75, 3.05) is 12.4 Å². The van der Waals surface area contributed by atoms with Gasteiger partial charge in [-0.3, -0.25) is 10.4 Å². The fourth-order valence-corrected chi connectivity index (χ4v) is 1.79. The molecule has 17 heavy (non-hydrogen) atoms. The molecule has 0 aliphatic carbocycles. The summed E-state index contributed by atoms with van der Waals surface area (Å²) >= 11 is 5.97. The van der Waals surface area contributed by atoms with Crippen LogP contribution in [0.1, 0.15) is 11.1 Å². The average molecular weight is 246 g/mol. The van der Waals surface area contributed by atoms with Crippen molar-refractivity contribution in [2.24, 2.45) is 0 Å². The lowest BCUT2D eigenvalue weighted by Crippen LogP contribution is -2.05. The SMILES string of the molecule is CNc1ccc(Cl)cc1C(=N)c1ccncc1. The van der Waals surface area contributed by atoms with E-state index in [2.05, 4.69) is 10.3 Å². The third kappa shape index (κ3) is 2.45. The van der Waals surface area contributed by atoms with Crippen molar-refractivity contribution in [3.63, 3.8) is 0 Å². The number of hydrogen-bond donors (Lipinski definition) is 2. The minimum atomic E-state index is 0.430. The molecule has 0 spiro atoms. The number of hydrogen-bond acceptors (Lipinski definition) is 3. The largest absolute Gasteiger partial charge is 0.388 e. The number of rotatable bonds is 3. The van der Waals surface area contributed by atoms with Crippen molar-refractivity contribution in [1.82, 2.24) is 4.98 Å². The minimum absolute atomic E-state index is 0.430. The van der Waals surface area contributed by atoms with Crippen molar-refractivity contribution in [3.8, 4) is 0 Å². The van der Waals surface area contributed by atoms with Gasteiger partial charge >= 0.3 is 0 Å². The third-order valence-electron chi connectivity index (χ3n) is 2.49. The highest BCUT2D eigenvalue weighted by molar-refractivity contribution is 6.31. The molecule has 2 N–H and O–H groups in total. The maximum atomic E-state index is 8.19. The molecule has 86 valence electrons. The fraction of sp³-hybridized carbons (Fsp3) is 0.0769. The zero-order chi connectivity index (χ0) is 12.3. The van der Waals surface area contributed by atoms with Gasteiger partial charge in [-0.05, 0) is 30.3 Å². The summed E-state index contributed by atoms with van der Waals surface area (Å²) in [6, 6.07) is 9.08. The highest BCUT2D eigenvalue weighted by Gasteiger charge is 2.09. The van der Waals surface area contributed by atoms with Gasteiger partial charge in [-0.2, -0.15) is 0 Å². The molecular formula is C13H12ClN3. The predicted molar refractivity (Wildman–Crippen MR) is 71.2 cm³/mol. The van der Waals surface area contributed by atoms with Crippen LogP contribution < -0.4 is 5.32 Å². The van der Waals surface area contributed by atoms with Crippen LogP contribution in [0, 0.1) is 5.41 Å². The second-order valence-corrected chi connectivity index (χ2v) is 3.99. The molecule has 1 heterocycles. The van der Waals surface area contributed by atoms with Gasteiger partial charge in [-0.25, -0.2) is 0 Å². The first kappa shape index (κ1) is 11.6. The van der Waals surface area contributed by atoms with E-state index < -0.39 is 0 Å². The zero-order valence-corrected chi connectivity index (χ0v) is 10.1. The van der Waals surface area contributed by atoms with E-state index in [1.807, 2.05) is 25.2 Å². The van der Waals surface area contributed by atoms with Crippen molar-refractivity contribution >= 4 is 23.0 Å². The Bertz CT molecular complexity index is 538. The first-order valence-corrected chi connectivity index (χ1v) is 5.57. The summed E-state index contributed by atoms with van der Waals surface area (Å²) in [5, 5.41) is 11.9.